The molecular weight excluding hydrogens is 338 g/mol. The molecule has 1 atom stereocenters. The van der Waals surface area contributed by atoms with Crippen LogP contribution in [0.5, 0.6) is 0 Å². The third kappa shape index (κ3) is 2.34. The summed E-state index contributed by atoms with van der Waals surface area (Å²) >= 11 is 0. The zero-order valence-electron chi connectivity index (χ0n) is 15.7. The Labute approximate surface area is 158 Å². The number of rotatable bonds is 1. The Balaban J connectivity index is 1.62. The highest BCUT2D eigenvalue weighted by molar-refractivity contribution is 6.28. The van der Waals surface area contributed by atoms with Crippen LogP contribution in [0, 0.1) is 13.8 Å². The minimum atomic E-state index is -1.53. The maximum atomic E-state index is 13.1. The van der Waals surface area contributed by atoms with E-state index in [1.807, 2.05) is 30.9 Å². The lowest BCUT2D eigenvalue weighted by Gasteiger charge is -2.30. The Morgan fingerprint density at radius 1 is 1.19 bits per heavy atom. The fourth-order valence-electron chi connectivity index (χ4n) is 4.36. The van der Waals surface area contributed by atoms with E-state index < -0.39 is 5.60 Å². The molecule has 5 heteroatoms. The van der Waals surface area contributed by atoms with E-state index in [1.54, 1.807) is 0 Å². The van der Waals surface area contributed by atoms with Crippen LogP contribution in [0.4, 0.5) is 17.1 Å². The molecule has 5 rings (SSSR count). The van der Waals surface area contributed by atoms with Gasteiger partial charge in [0.15, 0.2) is 5.60 Å². The quantitative estimate of drug-likeness (QED) is 0.816. The molecular formula is C22H23N3O2. The van der Waals surface area contributed by atoms with Crippen LogP contribution in [0.1, 0.15) is 39.9 Å². The molecule has 138 valence electrons. The molecule has 2 aromatic carbocycles. The molecule has 0 aliphatic carbocycles. The highest BCUT2D eigenvalue weighted by Gasteiger charge is 2.52. The van der Waals surface area contributed by atoms with Gasteiger partial charge in [-0.3, -0.25) is 4.79 Å². The van der Waals surface area contributed by atoms with Crippen molar-refractivity contribution >= 4 is 28.7 Å². The zero-order chi connectivity index (χ0) is 18.8. The molecule has 2 aromatic rings. The third-order valence-electron chi connectivity index (χ3n) is 6.12. The molecule has 27 heavy (non-hydrogen) atoms. The third-order valence-corrected chi connectivity index (χ3v) is 6.12. The number of anilines is 2. The molecule has 3 aliphatic rings. The Morgan fingerprint density at radius 2 is 2.00 bits per heavy atom. The number of hydrogen-bond acceptors (Lipinski definition) is 5. The first-order valence-corrected chi connectivity index (χ1v) is 9.59. The second kappa shape index (κ2) is 5.67. The van der Waals surface area contributed by atoms with Gasteiger partial charge in [0, 0.05) is 36.4 Å². The van der Waals surface area contributed by atoms with Crippen LogP contribution in [-0.4, -0.2) is 35.4 Å². The van der Waals surface area contributed by atoms with Crippen molar-refractivity contribution in [2.75, 3.05) is 23.3 Å². The van der Waals surface area contributed by atoms with E-state index in [0.717, 1.165) is 41.9 Å². The van der Waals surface area contributed by atoms with Gasteiger partial charge in [0.25, 0.3) is 0 Å². The van der Waals surface area contributed by atoms with E-state index in [0.29, 0.717) is 30.1 Å². The minimum absolute atomic E-state index is 0.232. The van der Waals surface area contributed by atoms with Crippen LogP contribution in [0.2, 0.25) is 0 Å². The smallest absolute Gasteiger partial charge is 0.204 e. The summed E-state index contributed by atoms with van der Waals surface area (Å²) in [4.78, 5) is 19.9. The number of fused-ring (bicyclic) bond motifs is 3. The van der Waals surface area contributed by atoms with Gasteiger partial charge in [-0.25, -0.2) is 4.99 Å². The number of hydrogen-bond donors (Lipinski definition) is 2. The average molecular weight is 361 g/mol. The molecule has 0 spiro atoms. The number of amidine groups is 1. The van der Waals surface area contributed by atoms with Crippen molar-refractivity contribution in [3.05, 3.63) is 52.6 Å². The summed E-state index contributed by atoms with van der Waals surface area (Å²) in [6.07, 6.45) is 2.59. The van der Waals surface area contributed by atoms with Crippen molar-refractivity contribution in [1.82, 2.24) is 0 Å². The summed E-state index contributed by atoms with van der Waals surface area (Å²) in [6, 6.07) is 10.1. The van der Waals surface area contributed by atoms with Crippen LogP contribution >= 0.6 is 0 Å². The molecule has 5 nitrogen and oxygen atoms in total. The van der Waals surface area contributed by atoms with Crippen molar-refractivity contribution in [1.29, 1.82) is 0 Å². The maximum absolute atomic E-state index is 13.1. The number of nitrogens with one attached hydrogen (secondary N) is 1. The topological polar surface area (TPSA) is 64.9 Å². The van der Waals surface area contributed by atoms with Crippen molar-refractivity contribution in [3.8, 4) is 0 Å². The second-order valence-corrected chi connectivity index (χ2v) is 7.85. The van der Waals surface area contributed by atoms with Gasteiger partial charge >= 0.3 is 0 Å². The number of ketones is 1. The molecule has 0 saturated carbocycles. The molecule has 0 amide bonds. The van der Waals surface area contributed by atoms with Crippen LogP contribution < -0.4 is 10.2 Å². The number of aliphatic hydroxyl groups is 1. The van der Waals surface area contributed by atoms with E-state index in [1.165, 1.54) is 5.56 Å². The van der Waals surface area contributed by atoms with Crippen LogP contribution in [0.15, 0.2) is 35.3 Å². The number of aliphatic imine (C=N–C) groups is 1. The Kier molecular flexibility index (Phi) is 3.46. The summed E-state index contributed by atoms with van der Waals surface area (Å²) in [7, 11) is 0. The van der Waals surface area contributed by atoms with E-state index in [9.17, 15) is 9.90 Å². The van der Waals surface area contributed by atoms with Gasteiger partial charge in [-0.1, -0.05) is 6.07 Å². The molecule has 0 aromatic heterocycles. The zero-order valence-corrected chi connectivity index (χ0v) is 15.7. The van der Waals surface area contributed by atoms with Gasteiger partial charge in [0.2, 0.25) is 5.78 Å². The Bertz CT molecular complexity index is 1010. The highest BCUT2D eigenvalue weighted by Crippen LogP contribution is 2.41. The number of carbonyl (C=O) groups excluding carboxylic acids is 1. The van der Waals surface area contributed by atoms with E-state index in [2.05, 4.69) is 23.5 Å². The number of Topliss-reactive ketones (excluding diaryl/α,β-unsaturated/α-hetero) is 1. The Morgan fingerprint density at radius 3 is 2.85 bits per heavy atom. The summed E-state index contributed by atoms with van der Waals surface area (Å²) in [6.45, 7) is 5.55. The monoisotopic (exact) mass is 361 g/mol. The summed E-state index contributed by atoms with van der Waals surface area (Å²) in [5.41, 5.74) is 5.22. The molecule has 0 bridgehead atoms. The Hall–Kier alpha value is -2.66. The van der Waals surface area contributed by atoms with Crippen LogP contribution in [-0.2, 0) is 6.42 Å². The van der Waals surface area contributed by atoms with E-state index in [4.69, 9.17) is 4.99 Å². The largest absolute Gasteiger partial charge is 0.385 e. The first-order chi connectivity index (χ1) is 13.0. The fourth-order valence-corrected chi connectivity index (χ4v) is 4.36. The summed E-state index contributed by atoms with van der Waals surface area (Å²) in [5, 5.41) is 14.7. The SMILES string of the molecule is Cc1cc2c(cc1C)C(=O)[C@]1(O)CCN(c3ccc4c(c3)NCCC4)C1=N2. The van der Waals surface area contributed by atoms with Crippen molar-refractivity contribution < 1.29 is 9.90 Å². The van der Waals surface area contributed by atoms with Gasteiger partial charge in [0.1, 0.15) is 5.84 Å². The molecule has 0 radical (unpaired) electrons. The maximum Gasteiger partial charge on any atom is 0.204 e. The summed E-state index contributed by atoms with van der Waals surface area (Å²) in [5.74, 6) is 0.225. The lowest BCUT2D eigenvalue weighted by atomic mass is 9.86. The first kappa shape index (κ1) is 16.5. The lowest BCUT2D eigenvalue weighted by molar-refractivity contribution is 0.0602. The molecule has 0 unspecified atom stereocenters. The lowest BCUT2D eigenvalue weighted by Crippen LogP contribution is -2.48. The average Bonchev–Trinajstić information content (AvgIpc) is 3.01. The number of carbonyl (C=O) groups is 1. The number of benzene rings is 2. The van der Waals surface area contributed by atoms with Crippen molar-refractivity contribution in [2.45, 2.75) is 38.7 Å². The second-order valence-electron chi connectivity index (χ2n) is 7.85. The minimum Gasteiger partial charge on any atom is -0.385 e. The van der Waals surface area contributed by atoms with Crippen LogP contribution in [0.25, 0.3) is 0 Å². The van der Waals surface area contributed by atoms with Gasteiger partial charge < -0.3 is 15.3 Å². The van der Waals surface area contributed by atoms with Gasteiger partial charge in [0.05, 0.1) is 5.69 Å². The molecule has 1 saturated heterocycles. The predicted octanol–water partition coefficient (Wildman–Crippen LogP) is 3.53. The van der Waals surface area contributed by atoms with Gasteiger partial charge in [-0.2, -0.15) is 0 Å². The summed E-state index contributed by atoms with van der Waals surface area (Å²) < 4.78 is 0. The highest BCUT2D eigenvalue weighted by atomic mass is 16.3. The molecule has 1 fully saturated rings. The molecule has 3 heterocycles. The van der Waals surface area contributed by atoms with Crippen molar-refractivity contribution in [3.63, 3.8) is 0 Å². The standard InChI is InChI=1S/C22H23N3O2/c1-13-10-17-19(11-14(13)2)24-21-22(27,20(17)26)7-9-25(21)16-6-5-15-4-3-8-23-18(15)12-16/h5-6,10-12,23,27H,3-4,7-9H2,1-2H3/t22-/m1/s1. The van der Waals surface area contributed by atoms with Gasteiger partial charge in [-0.05, 0) is 67.6 Å². The predicted molar refractivity (Wildman–Crippen MR) is 108 cm³/mol. The normalized spacial score (nSPS) is 23.3. The first-order valence-electron chi connectivity index (χ1n) is 9.59. The van der Waals surface area contributed by atoms with Crippen molar-refractivity contribution in [2.24, 2.45) is 4.99 Å². The molecule has 3 aliphatic heterocycles. The fraction of sp³-hybridized carbons (Fsp3) is 0.364. The van der Waals surface area contributed by atoms with Crippen LogP contribution in [0.3, 0.4) is 0 Å². The number of nitrogens with zero attached hydrogens (tertiary/aromatic N) is 2. The van der Waals surface area contributed by atoms with Gasteiger partial charge in [-0.15, -0.1) is 0 Å². The number of aryl methyl sites for hydroxylation is 3. The van der Waals surface area contributed by atoms with E-state index in [-0.39, 0.29) is 5.78 Å². The van der Waals surface area contributed by atoms with E-state index >= 15 is 0 Å². The molecule has 2 N–H and O–H groups in total.